The van der Waals surface area contributed by atoms with Gasteiger partial charge in [-0.05, 0) is 30.5 Å². The first kappa shape index (κ1) is 21.2. The van der Waals surface area contributed by atoms with Crippen molar-refractivity contribution in [2.45, 2.75) is 44.7 Å². The van der Waals surface area contributed by atoms with Crippen molar-refractivity contribution in [3.05, 3.63) is 35.6 Å². The molecule has 0 saturated heterocycles. The van der Waals surface area contributed by atoms with Crippen LogP contribution < -0.4 is 10.6 Å². The van der Waals surface area contributed by atoms with Crippen LogP contribution in [0.5, 0.6) is 0 Å². The number of esters is 1. The molecule has 1 aromatic rings. The molecule has 6 nitrogen and oxygen atoms in total. The van der Waals surface area contributed by atoms with Crippen LogP contribution in [0.4, 0.5) is 4.39 Å². The highest BCUT2D eigenvalue weighted by Crippen LogP contribution is 2.08. The third kappa shape index (κ3) is 7.34. The van der Waals surface area contributed by atoms with Gasteiger partial charge in [-0.2, -0.15) is 0 Å². The molecule has 0 radical (unpaired) electrons. The van der Waals surface area contributed by atoms with E-state index in [2.05, 4.69) is 16.6 Å². The molecule has 1 aromatic carbocycles. The van der Waals surface area contributed by atoms with Crippen LogP contribution in [0.3, 0.4) is 0 Å². The molecule has 2 amide bonds. The van der Waals surface area contributed by atoms with Gasteiger partial charge in [-0.25, -0.2) is 9.18 Å². The first-order valence-electron chi connectivity index (χ1n) is 8.20. The fourth-order valence-corrected chi connectivity index (χ4v) is 2.43. The summed E-state index contributed by atoms with van der Waals surface area (Å²) in [5.74, 6) is 0.461. The Bertz CT molecular complexity index is 684. The van der Waals surface area contributed by atoms with Crippen molar-refractivity contribution in [1.82, 2.24) is 10.6 Å². The van der Waals surface area contributed by atoms with Gasteiger partial charge < -0.3 is 15.4 Å². The second-order valence-corrected chi connectivity index (χ2v) is 5.77. The van der Waals surface area contributed by atoms with Gasteiger partial charge in [-0.3, -0.25) is 9.59 Å². The monoisotopic (exact) mass is 362 g/mol. The van der Waals surface area contributed by atoms with Gasteiger partial charge in [0, 0.05) is 19.8 Å². The van der Waals surface area contributed by atoms with Crippen LogP contribution in [0.25, 0.3) is 0 Å². The number of hydrogen-bond acceptors (Lipinski definition) is 4. The summed E-state index contributed by atoms with van der Waals surface area (Å²) in [5, 5.41) is 5.10. The van der Waals surface area contributed by atoms with E-state index in [1.165, 1.54) is 32.2 Å². The van der Waals surface area contributed by atoms with E-state index >= 15 is 0 Å². The Hall–Kier alpha value is -2.88. The maximum atomic E-state index is 13.4. The van der Waals surface area contributed by atoms with E-state index in [9.17, 15) is 18.8 Å². The lowest BCUT2D eigenvalue weighted by Gasteiger charge is -2.22. The van der Waals surface area contributed by atoms with Crippen LogP contribution in [0.2, 0.25) is 0 Å². The minimum Gasteiger partial charge on any atom is -0.467 e. The lowest BCUT2D eigenvalue weighted by Crippen LogP contribution is -2.52. The van der Waals surface area contributed by atoms with Crippen LogP contribution in [-0.4, -0.2) is 37.0 Å². The molecule has 7 heteroatoms. The Morgan fingerprint density at radius 2 is 2.00 bits per heavy atom. The number of terminal acetylenes is 1. The summed E-state index contributed by atoms with van der Waals surface area (Å²) in [6.07, 6.45) is 6.59. The molecule has 0 saturated carbocycles. The summed E-state index contributed by atoms with van der Waals surface area (Å²) in [6, 6.07) is 3.92. The standard InChI is InChI=1S/C19H23FN2O4/c1-4-5-6-10-16(19(25)26-3)22-18(24)17(21-13(2)23)12-14-8-7-9-15(20)11-14/h1,7-9,11,16-17H,5-6,10,12H2,2-3H3,(H,21,23)(H,22,24)/t16-,17+/m0/s1. The first-order valence-corrected chi connectivity index (χ1v) is 8.20. The van der Waals surface area contributed by atoms with Crippen molar-refractivity contribution < 1.29 is 23.5 Å². The van der Waals surface area contributed by atoms with Crippen molar-refractivity contribution in [2.24, 2.45) is 0 Å². The zero-order valence-corrected chi connectivity index (χ0v) is 14.9. The summed E-state index contributed by atoms with van der Waals surface area (Å²) >= 11 is 0. The molecular weight excluding hydrogens is 339 g/mol. The molecule has 0 fully saturated rings. The van der Waals surface area contributed by atoms with Crippen LogP contribution in [0, 0.1) is 18.2 Å². The maximum absolute atomic E-state index is 13.4. The highest BCUT2D eigenvalue weighted by Gasteiger charge is 2.26. The van der Waals surface area contributed by atoms with Gasteiger partial charge in [0.1, 0.15) is 17.9 Å². The number of benzene rings is 1. The molecular formula is C19H23FN2O4. The van der Waals surface area contributed by atoms with Gasteiger partial charge in [-0.1, -0.05) is 12.1 Å². The molecule has 140 valence electrons. The Morgan fingerprint density at radius 3 is 2.58 bits per heavy atom. The SMILES string of the molecule is C#CCCC[C@H](NC(=O)[C@@H](Cc1cccc(F)c1)NC(C)=O)C(=O)OC. The average Bonchev–Trinajstić information content (AvgIpc) is 2.59. The van der Waals surface area contributed by atoms with E-state index in [0.29, 0.717) is 24.8 Å². The van der Waals surface area contributed by atoms with Crippen molar-refractivity contribution in [2.75, 3.05) is 7.11 Å². The molecule has 0 aromatic heterocycles. The number of rotatable bonds is 9. The van der Waals surface area contributed by atoms with Gasteiger partial charge >= 0.3 is 5.97 Å². The number of unbranched alkanes of at least 4 members (excludes halogenated alkanes) is 1. The van der Waals surface area contributed by atoms with Gasteiger partial charge in [0.2, 0.25) is 11.8 Å². The summed E-state index contributed by atoms with van der Waals surface area (Å²) in [4.78, 5) is 35.9. The van der Waals surface area contributed by atoms with E-state index in [-0.39, 0.29) is 6.42 Å². The Labute approximate surface area is 152 Å². The third-order valence-electron chi connectivity index (χ3n) is 3.64. The number of hydrogen-bond donors (Lipinski definition) is 2. The molecule has 0 heterocycles. The molecule has 26 heavy (non-hydrogen) atoms. The normalized spacial score (nSPS) is 12.4. The predicted octanol–water partition coefficient (Wildman–Crippen LogP) is 1.33. The summed E-state index contributed by atoms with van der Waals surface area (Å²) in [5.41, 5.74) is 0.542. The first-order chi connectivity index (χ1) is 12.4. The largest absolute Gasteiger partial charge is 0.467 e. The van der Waals surface area contributed by atoms with E-state index in [4.69, 9.17) is 11.2 Å². The Balaban J connectivity index is 2.86. The van der Waals surface area contributed by atoms with E-state index < -0.39 is 35.7 Å². The van der Waals surface area contributed by atoms with Crippen LogP contribution in [0.15, 0.2) is 24.3 Å². The summed E-state index contributed by atoms with van der Waals surface area (Å²) in [7, 11) is 1.22. The molecule has 0 aliphatic heterocycles. The van der Waals surface area contributed by atoms with Gasteiger partial charge in [-0.15, -0.1) is 12.3 Å². The summed E-state index contributed by atoms with van der Waals surface area (Å²) < 4.78 is 18.0. The number of ether oxygens (including phenoxy) is 1. The third-order valence-corrected chi connectivity index (χ3v) is 3.64. The predicted molar refractivity (Wildman–Crippen MR) is 94.3 cm³/mol. The van der Waals surface area contributed by atoms with Crippen molar-refractivity contribution in [1.29, 1.82) is 0 Å². The molecule has 0 bridgehead atoms. The number of nitrogens with one attached hydrogen (secondary N) is 2. The number of halogens is 1. The van der Waals surface area contributed by atoms with Crippen molar-refractivity contribution >= 4 is 17.8 Å². The Kier molecular flexibility index (Phi) is 8.85. The van der Waals surface area contributed by atoms with E-state index in [0.717, 1.165) is 0 Å². The van der Waals surface area contributed by atoms with E-state index in [1.54, 1.807) is 6.07 Å². The zero-order valence-electron chi connectivity index (χ0n) is 14.9. The van der Waals surface area contributed by atoms with Crippen LogP contribution in [-0.2, 0) is 25.5 Å². The van der Waals surface area contributed by atoms with Gasteiger partial charge in [0.05, 0.1) is 7.11 Å². The summed E-state index contributed by atoms with van der Waals surface area (Å²) in [6.45, 7) is 1.27. The lowest BCUT2D eigenvalue weighted by atomic mass is 10.0. The molecule has 0 unspecified atom stereocenters. The second-order valence-electron chi connectivity index (χ2n) is 5.77. The number of amides is 2. The maximum Gasteiger partial charge on any atom is 0.328 e. The fourth-order valence-electron chi connectivity index (χ4n) is 2.43. The quantitative estimate of drug-likeness (QED) is 0.394. The molecule has 0 spiro atoms. The van der Waals surface area contributed by atoms with Gasteiger partial charge in [0.25, 0.3) is 0 Å². The molecule has 2 atom stereocenters. The topological polar surface area (TPSA) is 84.5 Å². The zero-order chi connectivity index (χ0) is 19.5. The Morgan fingerprint density at radius 1 is 1.27 bits per heavy atom. The fraction of sp³-hybridized carbons (Fsp3) is 0.421. The van der Waals surface area contributed by atoms with Crippen LogP contribution >= 0.6 is 0 Å². The number of carbonyl (C=O) groups is 3. The molecule has 1 rings (SSSR count). The molecule has 0 aliphatic rings. The number of carbonyl (C=O) groups excluding carboxylic acids is 3. The average molecular weight is 362 g/mol. The minimum absolute atomic E-state index is 0.0847. The number of methoxy groups -OCH3 is 1. The minimum atomic E-state index is -0.950. The van der Waals surface area contributed by atoms with Gasteiger partial charge in [0.15, 0.2) is 0 Å². The smallest absolute Gasteiger partial charge is 0.328 e. The van der Waals surface area contributed by atoms with Crippen molar-refractivity contribution in [3.63, 3.8) is 0 Å². The molecule has 0 aliphatic carbocycles. The lowest BCUT2D eigenvalue weighted by molar-refractivity contribution is -0.145. The second kappa shape index (κ2) is 10.9. The van der Waals surface area contributed by atoms with E-state index in [1.807, 2.05) is 0 Å². The molecule has 2 N–H and O–H groups in total. The highest BCUT2D eigenvalue weighted by atomic mass is 19.1. The highest BCUT2D eigenvalue weighted by molar-refractivity contribution is 5.90. The van der Waals surface area contributed by atoms with Crippen LogP contribution in [0.1, 0.15) is 31.7 Å². The van der Waals surface area contributed by atoms with Crippen molar-refractivity contribution in [3.8, 4) is 12.3 Å².